The van der Waals surface area contributed by atoms with E-state index in [1.54, 1.807) is 38.1 Å². The van der Waals surface area contributed by atoms with E-state index in [1.807, 2.05) is 0 Å². The predicted octanol–water partition coefficient (Wildman–Crippen LogP) is 3.41. The molecule has 0 amide bonds. The molecular formula is C12H13ClO3S. The van der Waals surface area contributed by atoms with E-state index < -0.39 is 15.1 Å². The van der Waals surface area contributed by atoms with Crippen LogP contribution in [0.25, 0.3) is 11.0 Å². The van der Waals surface area contributed by atoms with Gasteiger partial charge in [0, 0.05) is 5.39 Å². The highest BCUT2D eigenvalue weighted by atomic mass is 35.5. The predicted molar refractivity (Wildman–Crippen MR) is 69.0 cm³/mol. The molecule has 1 heterocycles. The molecule has 0 fully saturated rings. The summed E-state index contributed by atoms with van der Waals surface area (Å²) < 4.78 is 29.0. The molecule has 0 aliphatic carbocycles. The molecule has 0 N–H and O–H groups in total. The minimum Gasteiger partial charge on any atom is -0.460 e. The molecule has 0 unspecified atom stereocenters. The van der Waals surface area contributed by atoms with E-state index in [0.29, 0.717) is 16.4 Å². The van der Waals surface area contributed by atoms with Crippen LogP contribution < -0.4 is 0 Å². The Morgan fingerprint density at radius 2 is 2.06 bits per heavy atom. The zero-order valence-electron chi connectivity index (χ0n) is 9.60. The number of sulfone groups is 1. The van der Waals surface area contributed by atoms with Gasteiger partial charge in [-0.05, 0) is 32.0 Å². The molecule has 0 saturated carbocycles. The summed E-state index contributed by atoms with van der Waals surface area (Å²) >= 11 is 5.99. The molecule has 0 spiro atoms. The summed E-state index contributed by atoms with van der Waals surface area (Å²) in [5.41, 5.74) is 0.617. The zero-order chi connectivity index (χ0) is 12.6. The van der Waals surface area contributed by atoms with Gasteiger partial charge in [0.05, 0.1) is 10.3 Å². The van der Waals surface area contributed by atoms with Crippen LogP contribution in [0, 0.1) is 0 Å². The summed E-state index contributed by atoms with van der Waals surface area (Å²) in [6.07, 6.45) is 0. The molecule has 17 heavy (non-hydrogen) atoms. The second-order valence-electron chi connectivity index (χ2n) is 4.22. The molecule has 0 aliphatic heterocycles. The molecular weight excluding hydrogens is 260 g/mol. The van der Waals surface area contributed by atoms with Crippen LogP contribution in [0.1, 0.15) is 19.6 Å². The molecule has 2 rings (SSSR count). The number of furan rings is 1. The first-order valence-electron chi connectivity index (χ1n) is 5.28. The maximum atomic E-state index is 11.8. The lowest BCUT2D eigenvalue weighted by Gasteiger charge is -2.04. The molecule has 92 valence electrons. The van der Waals surface area contributed by atoms with Crippen molar-refractivity contribution >= 4 is 32.4 Å². The van der Waals surface area contributed by atoms with Crippen LogP contribution in [0.3, 0.4) is 0 Å². The van der Waals surface area contributed by atoms with E-state index in [4.69, 9.17) is 16.0 Å². The molecule has 2 aromatic rings. The number of benzene rings is 1. The lowest BCUT2D eigenvalue weighted by Crippen LogP contribution is -2.15. The van der Waals surface area contributed by atoms with Gasteiger partial charge in [0.1, 0.15) is 17.1 Å². The third-order valence-corrected chi connectivity index (χ3v) is 5.07. The normalized spacial score (nSPS) is 12.5. The summed E-state index contributed by atoms with van der Waals surface area (Å²) in [4.78, 5) is 0. The highest BCUT2D eigenvalue weighted by molar-refractivity contribution is 7.91. The molecule has 1 aromatic heterocycles. The van der Waals surface area contributed by atoms with Crippen molar-refractivity contribution in [2.24, 2.45) is 0 Å². The second kappa shape index (κ2) is 4.35. The lowest BCUT2D eigenvalue weighted by molar-refractivity contribution is 0.550. The van der Waals surface area contributed by atoms with Gasteiger partial charge in [-0.3, -0.25) is 0 Å². The van der Waals surface area contributed by atoms with Crippen LogP contribution in [0.4, 0.5) is 0 Å². The Hall–Kier alpha value is -1.00. The van der Waals surface area contributed by atoms with Crippen LogP contribution >= 0.6 is 11.6 Å². The van der Waals surface area contributed by atoms with E-state index in [1.165, 1.54) is 0 Å². The minimum atomic E-state index is -3.15. The summed E-state index contributed by atoms with van der Waals surface area (Å²) in [5, 5.41) is 0.911. The van der Waals surface area contributed by atoms with Gasteiger partial charge in [0.2, 0.25) is 0 Å². The Kier molecular flexibility index (Phi) is 3.19. The van der Waals surface area contributed by atoms with Crippen LogP contribution in [0.2, 0.25) is 5.02 Å². The van der Waals surface area contributed by atoms with Crippen LogP contribution in [0.5, 0.6) is 0 Å². The quantitative estimate of drug-likeness (QED) is 0.860. The Morgan fingerprint density at radius 3 is 2.65 bits per heavy atom. The number of fused-ring (bicyclic) bond motifs is 1. The van der Waals surface area contributed by atoms with Crippen molar-refractivity contribution in [2.75, 3.05) is 0 Å². The molecule has 0 radical (unpaired) electrons. The fourth-order valence-corrected chi connectivity index (χ4v) is 2.61. The maximum Gasteiger partial charge on any atom is 0.159 e. The van der Waals surface area contributed by atoms with Crippen molar-refractivity contribution in [2.45, 2.75) is 24.9 Å². The first-order valence-corrected chi connectivity index (χ1v) is 7.38. The van der Waals surface area contributed by atoms with E-state index in [0.717, 1.165) is 5.39 Å². The van der Waals surface area contributed by atoms with Gasteiger partial charge in [-0.15, -0.1) is 0 Å². The highest BCUT2D eigenvalue weighted by Crippen LogP contribution is 2.27. The fourth-order valence-electron chi connectivity index (χ4n) is 1.51. The second-order valence-corrected chi connectivity index (χ2v) is 7.18. The Morgan fingerprint density at radius 1 is 1.35 bits per heavy atom. The minimum absolute atomic E-state index is 0.0876. The molecule has 0 aliphatic rings. The Labute approximate surface area is 105 Å². The fraction of sp³-hybridized carbons (Fsp3) is 0.333. The molecule has 3 nitrogen and oxygen atoms in total. The number of halogens is 1. The zero-order valence-corrected chi connectivity index (χ0v) is 11.2. The van der Waals surface area contributed by atoms with Gasteiger partial charge in [-0.25, -0.2) is 8.42 Å². The smallest absolute Gasteiger partial charge is 0.159 e. The third kappa shape index (κ3) is 2.48. The van der Waals surface area contributed by atoms with Crippen molar-refractivity contribution in [3.63, 3.8) is 0 Å². The number of hydrogen-bond donors (Lipinski definition) is 0. The van der Waals surface area contributed by atoms with E-state index in [9.17, 15) is 8.42 Å². The van der Waals surface area contributed by atoms with E-state index in [-0.39, 0.29) is 5.75 Å². The topological polar surface area (TPSA) is 47.3 Å². The standard InChI is InChI=1S/C12H13ClO3S/c1-8(2)17(14,15)7-9-6-10-11(13)4-3-5-12(10)16-9/h3-6,8H,7H2,1-2H3. The molecule has 1 aromatic carbocycles. The third-order valence-electron chi connectivity index (χ3n) is 2.62. The van der Waals surface area contributed by atoms with Crippen LogP contribution in [-0.2, 0) is 15.6 Å². The summed E-state index contributed by atoms with van der Waals surface area (Å²) in [7, 11) is -3.15. The SMILES string of the molecule is CC(C)S(=O)(=O)Cc1cc2c(Cl)cccc2o1. The maximum absolute atomic E-state index is 11.8. The van der Waals surface area contributed by atoms with Crippen molar-refractivity contribution in [1.29, 1.82) is 0 Å². The molecule has 0 saturated heterocycles. The monoisotopic (exact) mass is 272 g/mol. The van der Waals surface area contributed by atoms with Gasteiger partial charge in [0.25, 0.3) is 0 Å². The van der Waals surface area contributed by atoms with Gasteiger partial charge in [-0.1, -0.05) is 17.7 Å². The lowest BCUT2D eigenvalue weighted by atomic mass is 10.2. The highest BCUT2D eigenvalue weighted by Gasteiger charge is 2.19. The summed E-state index contributed by atoms with van der Waals surface area (Å²) in [5.74, 6) is 0.345. The summed E-state index contributed by atoms with van der Waals surface area (Å²) in [6.45, 7) is 3.32. The van der Waals surface area contributed by atoms with Crippen molar-refractivity contribution < 1.29 is 12.8 Å². The molecule has 0 bridgehead atoms. The average molecular weight is 273 g/mol. The Bertz CT molecular complexity index is 641. The first-order chi connectivity index (χ1) is 7.90. The van der Waals surface area contributed by atoms with Crippen molar-refractivity contribution in [3.8, 4) is 0 Å². The van der Waals surface area contributed by atoms with Gasteiger partial charge >= 0.3 is 0 Å². The largest absolute Gasteiger partial charge is 0.460 e. The van der Waals surface area contributed by atoms with Gasteiger partial charge in [-0.2, -0.15) is 0 Å². The summed E-state index contributed by atoms with van der Waals surface area (Å²) in [6, 6.07) is 6.99. The molecule has 5 heteroatoms. The number of hydrogen-bond acceptors (Lipinski definition) is 3. The molecule has 0 atom stereocenters. The van der Waals surface area contributed by atoms with Crippen LogP contribution in [-0.4, -0.2) is 13.7 Å². The van der Waals surface area contributed by atoms with Crippen LogP contribution in [0.15, 0.2) is 28.7 Å². The Balaban J connectivity index is 2.42. The number of rotatable bonds is 3. The van der Waals surface area contributed by atoms with Crippen molar-refractivity contribution in [1.82, 2.24) is 0 Å². The van der Waals surface area contributed by atoms with Crippen molar-refractivity contribution in [3.05, 3.63) is 35.0 Å². The van der Waals surface area contributed by atoms with Gasteiger partial charge < -0.3 is 4.42 Å². The first kappa shape index (κ1) is 12.5. The van der Waals surface area contributed by atoms with E-state index in [2.05, 4.69) is 0 Å². The van der Waals surface area contributed by atoms with Gasteiger partial charge in [0.15, 0.2) is 9.84 Å². The average Bonchev–Trinajstić information content (AvgIpc) is 2.60. The van der Waals surface area contributed by atoms with E-state index >= 15 is 0 Å².